The summed E-state index contributed by atoms with van der Waals surface area (Å²) in [4.78, 5) is 2.33. The Balaban J connectivity index is 0.000000581. The first-order valence-electron chi connectivity index (χ1n) is 17.1. The molecule has 0 unspecified atom stereocenters. The smallest absolute Gasteiger partial charge is 0.0490 e. The van der Waals surface area contributed by atoms with Gasteiger partial charge in [0.2, 0.25) is 0 Å². The Hall–Kier alpha value is -6.12. The number of anilines is 4. The molecule has 0 fully saturated rings. The third kappa shape index (κ3) is 11.5. The molecule has 0 radical (unpaired) electrons. The predicted molar refractivity (Wildman–Crippen MR) is 229 cm³/mol. The van der Waals surface area contributed by atoms with Crippen LogP contribution < -0.4 is 10.6 Å². The largest absolute Gasteiger partial charge is 0.399 e. The van der Waals surface area contributed by atoms with Crippen molar-refractivity contribution < 1.29 is 1.43 Å². The molecule has 0 aliphatic carbocycles. The van der Waals surface area contributed by atoms with Crippen molar-refractivity contribution in [3.05, 3.63) is 214 Å². The summed E-state index contributed by atoms with van der Waals surface area (Å²) < 4.78 is 0. The molecule has 6 rings (SSSR count). The van der Waals surface area contributed by atoms with Crippen LogP contribution in [0.25, 0.3) is 24.3 Å². The fraction of sp³-hybridized carbons (Fsp3) is 0.102. The van der Waals surface area contributed by atoms with Crippen molar-refractivity contribution in [2.75, 3.05) is 10.6 Å². The van der Waals surface area contributed by atoms with Gasteiger partial charge in [0, 0.05) is 24.2 Å². The summed E-state index contributed by atoms with van der Waals surface area (Å²) >= 11 is 0. The molecule has 0 spiro atoms. The molecule has 0 bridgehead atoms. The summed E-state index contributed by atoms with van der Waals surface area (Å²) in [6.07, 6.45) is 16.8. The molecular formula is C49H52N2. The van der Waals surface area contributed by atoms with Gasteiger partial charge in [-0.05, 0) is 97.5 Å². The number of allylic oxidation sites excluding steroid dienone is 4. The number of nitrogens with two attached hydrogens (primary N) is 1. The Kier molecular flexibility index (Phi) is 14.2. The Morgan fingerprint density at radius 2 is 0.804 bits per heavy atom. The lowest BCUT2D eigenvalue weighted by molar-refractivity contribution is 1.24. The number of rotatable bonds is 9. The Morgan fingerprint density at radius 1 is 0.431 bits per heavy atom. The quantitative estimate of drug-likeness (QED) is 0.123. The fourth-order valence-corrected chi connectivity index (χ4v) is 5.57. The molecule has 2 heteroatoms. The molecule has 6 aromatic rings. The van der Waals surface area contributed by atoms with Gasteiger partial charge in [-0.25, -0.2) is 0 Å². The summed E-state index contributed by atoms with van der Waals surface area (Å²) in [7, 11) is 0. The van der Waals surface area contributed by atoms with Crippen molar-refractivity contribution in [1.82, 2.24) is 0 Å². The van der Waals surface area contributed by atoms with Crippen molar-refractivity contribution in [1.29, 1.82) is 0 Å². The van der Waals surface area contributed by atoms with Crippen molar-refractivity contribution in [2.45, 2.75) is 35.1 Å². The third-order valence-corrected chi connectivity index (χ3v) is 8.30. The third-order valence-electron chi connectivity index (χ3n) is 8.30. The number of nitrogen functional groups attached to an aromatic ring is 1. The lowest BCUT2D eigenvalue weighted by Crippen LogP contribution is -2.11. The normalized spacial score (nSPS) is 11.1. The molecule has 0 aromatic heterocycles. The van der Waals surface area contributed by atoms with E-state index in [1.807, 2.05) is 31.2 Å². The summed E-state index contributed by atoms with van der Waals surface area (Å²) in [5.74, 6) is 0. The maximum absolute atomic E-state index is 5.59. The molecule has 51 heavy (non-hydrogen) atoms. The van der Waals surface area contributed by atoms with Crippen molar-refractivity contribution in [3.63, 3.8) is 0 Å². The maximum atomic E-state index is 5.59. The van der Waals surface area contributed by atoms with E-state index < -0.39 is 0 Å². The molecule has 0 aliphatic heterocycles. The summed E-state index contributed by atoms with van der Waals surface area (Å²) in [5, 5.41) is 0. The van der Waals surface area contributed by atoms with Crippen LogP contribution in [0.15, 0.2) is 170 Å². The summed E-state index contributed by atoms with van der Waals surface area (Å²) in [5.41, 5.74) is 19.6. The molecule has 0 amide bonds. The molecule has 2 N–H and O–H groups in total. The Bertz CT molecular complexity index is 1970. The number of aryl methyl sites for hydroxylation is 4. The van der Waals surface area contributed by atoms with Gasteiger partial charge < -0.3 is 10.6 Å². The molecule has 0 aliphatic rings. The molecule has 258 valence electrons. The second-order valence-electron chi connectivity index (χ2n) is 12.4. The van der Waals surface area contributed by atoms with Crippen LogP contribution in [0.1, 0.15) is 53.4 Å². The zero-order valence-electron chi connectivity index (χ0n) is 29.5. The average molecular weight is 669 g/mol. The van der Waals surface area contributed by atoms with Crippen LogP contribution in [0.2, 0.25) is 0 Å². The highest BCUT2D eigenvalue weighted by Crippen LogP contribution is 2.37. The lowest BCUT2D eigenvalue weighted by atomic mass is 10.1. The van der Waals surface area contributed by atoms with E-state index in [-0.39, 0.29) is 8.85 Å². The van der Waals surface area contributed by atoms with Gasteiger partial charge in [-0.2, -0.15) is 0 Å². The highest BCUT2D eigenvalue weighted by Gasteiger charge is 2.14. The molecular weight excluding hydrogens is 617 g/mol. The van der Waals surface area contributed by atoms with Crippen molar-refractivity contribution >= 4 is 47.1 Å². The van der Waals surface area contributed by atoms with E-state index in [0.29, 0.717) is 0 Å². The zero-order valence-corrected chi connectivity index (χ0v) is 29.5. The minimum absolute atomic E-state index is 0. The Morgan fingerprint density at radius 3 is 1.18 bits per heavy atom. The fourth-order valence-electron chi connectivity index (χ4n) is 5.57. The highest BCUT2D eigenvalue weighted by molar-refractivity contribution is 5.79. The van der Waals surface area contributed by atoms with E-state index in [1.165, 1.54) is 33.5 Å². The number of hydrogen-bond acceptors (Lipinski definition) is 2. The molecule has 0 heterocycles. The summed E-state index contributed by atoms with van der Waals surface area (Å²) in [6, 6.07) is 50.9. The SMILES string of the molecule is C.Cc1ccc(N(c2ccc(/C=C/C=C/c3ccccc3)cc2)c2ccc(/C=C/C=C/c3ccccc3)cc2)c(C)c1.Cc1ccc(N)c(C)c1.[HH]. The second-order valence-corrected chi connectivity index (χ2v) is 12.4. The van der Waals surface area contributed by atoms with Crippen LogP contribution in [0.5, 0.6) is 0 Å². The van der Waals surface area contributed by atoms with E-state index in [2.05, 4.69) is 196 Å². The monoisotopic (exact) mass is 668 g/mol. The van der Waals surface area contributed by atoms with Gasteiger partial charge >= 0.3 is 0 Å². The zero-order chi connectivity index (χ0) is 35.1. The van der Waals surface area contributed by atoms with E-state index in [0.717, 1.165) is 33.8 Å². The van der Waals surface area contributed by atoms with Crippen LogP contribution in [-0.2, 0) is 0 Å². The predicted octanol–water partition coefficient (Wildman–Crippen LogP) is 14.0. The first-order chi connectivity index (χ1) is 24.4. The molecule has 0 saturated carbocycles. The number of nitrogens with zero attached hydrogens (tertiary/aromatic N) is 1. The summed E-state index contributed by atoms with van der Waals surface area (Å²) in [6.45, 7) is 8.40. The van der Waals surface area contributed by atoms with Crippen LogP contribution >= 0.6 is 0 Å². The van der Waals surface area contributed by atoms with E-state index in [9.17, 15) is 0 Å². The first-order valence-corrected chi connectivity index (χ1v) is 17.1. The first kappa shape index (κ1) is 37.7. The van der Waals surface area contributed by atoms with E-state index in [1.54, 1.807) is 0 Å². The topological polar surface area (TPSA) is 29.3 Å². The van der Waals surface area contributed by atoms with E-state index in [4.69, 9.17) is 5.73 Å². The van der Waals surface area contributed by atoms with Crippen LogP contribution in [-0.4, -0.2) is 0 Å². The maximum Gasteiger partial charge on any atom is 0.0490 e. The standard InChI is InChI=1S/C40H35N.C8H11N.CH4.H2/c1-32-21-30-40(33(2)31-32)41(38-26-22-36(23-27-38)19-11-9-17-34-13-5-3-6-14-34)39-28-24-37(25-29-39)20-12-10-18-35-15-7-4-8-16-35;1-6-3-4-8(9)7(2)5-6;;/h3-31H,1-2H3;3-5H,9H2,1-2H3;1H4;1H/b17-9+,18-10+,19-11+,20-12+;;;. The van der Waals surface area contributed by atoms with Crippen molar-refractivity contribution in [2.24, 2.45) is 0 Å². The number of hydrogen-bond donors (Lipinski definition) is 1. The molecule has 0 atom stereocenters. The Labute approximate surface area is 307 Å². The van der Waals surface area contributed by atoms with Gasteiger partial charge in [0.1, 0.15) is 0 Å². The minimum atomic E-state index is 0. The average Bonchev–Trinajstić information content (AvgIpc) is 3.14. The number of benzene rings is 6. The van der Waals surface area contributed by atoms with Crippen LogP contribution in [0.3, 0.4) is 0 Å². The minimum Gasteiger partial charge on any atom is -0.399 e. The molecule has 6 aromatic carbocycles. The molecule has 2 nitrogen and oxygen atoms in total. The highest BCUT2D eigenvalue weighted by atomic mass is 15.1. The van der Waals surface area contributed by atoms with Gasteiger partial charge in [-0.15, -0.1) is 0 Å². The molecule has 0 saturated heterocycles. The van der Waals surface area contributed by atoms with Gasteiger partial charge in [0.25, 0.3) is 0 Å². The van der Waals surface area contributed by atoms with Crippen LogP contribution in [0.4, 0.5) is 22.7 Å². The second kappa shape index (κ2) is 19.2. The van der Waals surface area contributed by atoms with Gasteiger partial charge in [0.15, 0.2) is 0 Å². The lowest BCUT2D eigenvalue weighted by Gasteiger charge is -2.27. The van der Waals surface area contributed by atoms with Gasteiger partial charge in [0.05, 0.1) is 0 Å². The van der Waals surface area contributed by atoms with E-state index >= 15 is 0 Å². The van der Waals surface area contributed by atoms with Gasteiger partial charge in [-0.1, -0.05) is 176 Å². The van der Waals surface area contributed by atoms with Crippen LogP contribution in [0, 0.1) is 27.7 Å². The van der Waals surface area contributed by atoms with Gasteiger partial charge in [-0.3, -0.25) is 0 Å². The van der Waals surface area contributed by atoms with Crippen molar-refractivity contribution in [3.8, 4) is 0 Å².